The molecule has 1 N–H and O–H groups in total. The minimum absolute atomic E-state index is 0.166. The normalized spacial score (nSPS) is 11.0. The van der Waals surface area contributed by atoms with Crippen molar-refractivity contribution >= 4 is 11.8 Å². The molecule has 0 saturated heterocycles. The molecule has 1 rings (SSSR count). The van der Waals surface area contributed by atoms with Crippen LogP contribution in [0.25, 0.3) is 0 Å². The molecule has 0 fully saturated rings. The van der Waals surface area contributed by atoms with Gasteiger partial charge in [0.05, 0.1) is 0 Å². The molecule has 0 spiro atoms. The Morgan fingerprint density at radius 3 is 2.28 bits per heavy atom. The molecule has 1 aromatic heterocycles. The lowest BCUT2D eigenvalue weighted by atomic mass is 10.1. The zero-order chi connectivity index (χ0) is 13.7. The molecule has 0 aliphatic heterocycles. The van der Waals surface area contributed by atoms with Crippen LogP contribution < -0.4 is 4.90 Å². The SMILES string of the molecule is CC(C)CN(CC(C)C)c1ncncc1C(=O)O. The Bertz CT molecular complexity index is 395. The Labute approximate surface area is 108 Å². The summed E-state index contributed by atoms with van der Waals surface area (Å²) in [4.78, 5) is 21.1. The average Bonchev–Trinajstić information content (AvgIpc) is 2.26. The number of hydrogen-bond acceptors (Lipinski definition) is 4. The van der Waals surface area contributed by atoms with Gasteiger partial charge >= 0.3 is 5.97 Å². The highest BCUT2D eigenvalue weighted by Gasteiger charge is 2.19. The summed E-state index contributed by atoms with van der Waals surface area (Å²) in [5.74, 6) is 0.420. The number of carboxylic acid groups (broad SMARTS) is 1. The van der Waals surface area contributed by atoms with Gasteiger partial charge in [0, 0.05) is 19.3 Å². The van der Waals surface area contributed by atoms with Crippen LogP contribution in [0.5, 0.6) is 0 Å². The predicted octanol–water partition coefficient (Wildman–Crippen LogP) is 2.29. The number of nitrogens with zero attached hydrogens (tertiary/aromatic N) is 3. The first-order valence-corrected chi connectivity index (χ1v) is 6.20. The summed E-state index contributed by atoms with van der Waals surface area (Å²) in [6.07, 6.45) is 2.76. The number of aromatic carboxylic acids is 1. The van der Waals surface area contributed by atoms with E-state index >= 15 is 0 Å². The van der Waals surface area contributed by atoms with Crippen LogP contribution in [0.2, 0.25) is 0 Å². The van der Waals surface area contributed by atoms with Crippen molar-refractivity contribution in [3.8, 4) is 0 Å². The second-order valence-corrected chi connectivity index (χ2v) is 5.26. The monoisotopic (exact) mass is 251 g/mol. The summed E-state index contributed by atoms with van der Waals surface area (Å²) in [5, 5.41) is 9.18. The van der Waals surface area contributed by atoms with Crippen molar-refractivity contribution in [1.29, 1.82) is 0 Å². The maximum atomic E-state index is 11.2. The van der Waals surface area contributed by atoms with Gasteiger partial charge in [0.2, 0.25) is 0 Å². The topological polar surface area (TPSA) is 66.3 Å². The van der Waals surface area contributed by atoms with Gasteiger partial charge in [-0.05, 0) is 11.8 Å². The summed E-state index contributed by atoms with van der Waals surface area (Å²) in [5.41, 5.74) is 0.166. The Hall–Kier alpha value is -1.65. The van der Waals surface area contributed by atoms with E-state index < -0.39 is 5.97 Å². The third-order valence-electron chi connectivity index (χ3n) is 2.39. The maximum Gasteiger partial charge on any atom is 0.341 e. The van der Waals surface area contributed by atoms with Crippen molar-refractivity contribution in [3.05, 3.63) is 18.1 Å². The van der Waals surface area contributed by atoms with Gasteiger partial charge in [-0.25, -0.2) is 14.8 Å². The molecule has 0 bridgehead atoms. The lowest BCUT2D eigenvalue weighted by Gasteiger charge is -2.28. The predicted molar refractivity (Wildman–Crippen MR) is 70.9 cm³/mol. The van der Waals surface area contributed by atoms with Crippen LogP contribution in [0.1, 0.15) is 38.1 Å². The van der Waals surface area contributed by atoms with Crippen molar-refractivity contribution in [2.45, 2.75) is 27.7 Å². The zero-order valence-electron chi connectivity index (χ0n) is 11.4. The minimum atomic E-state index is -0.983. The van der Waals surface area contributed by atoms with Crippen molar-refractivity contribution in [2.24, 2.45) is 11.8 Å². The van der Waals surface area contributed by atoms with Gasteiger partial charge < -0.3 is 10.0 Å². The molecule has 100 valence electrons. The first-order chi connectivity index (χ1) is 8.41. The van der Waals surface area contributed by atoms with Crippen molar-refractivity contribution in [3.63, 3.8) is 0 Å². The van der Waals surface area contributed by atoms with E-state index in [2.05, 4.69) is 37.7 Å². The van der Waals surface area contributed by atoms with Crippen LogP contribution in [0.3, 0.4) is 0 Å². The summed E-state index contributed by atoms with van der Waals surface area (Å²) in [6, 6.07) is 0. The largest absolute Gasteiger partial charge is 0.477 e. The number of aromatic nitrogens is 2. The summed E-state index contributed by atoms with van der Waals surface area (Å²) in [7, 11) is 0. The first kappa shape index (κ1) is 14.4. The molecule has 0 aliphatic rings. The van der Waals surface area contributed by atoms with Crippen molar-refractivity contribution in [1.82, 2.24) is 9.97 Å². The molecule has 1 aromatic rings. The fourth-order valence-corrected chi connectivity index (χ4v) is 1.86. The molecule has 0 radical (unpaired) electrons. The van der Waals surface area contributed by atoms with Crippen LogP contribution in [0.15, 0.2) is 12.5 Å². The van der Waals surface area contributed by atoms with Gasteiger partial charge in [0.1, 0.15) is 17.7 Å². The minimum Gasteiger partial charge on any atom is -0.477 e. The Morgan fingerprint density at radius 2 is 1.83 bits per heavy atom. The molecule has 0 amide bonds. The average molecular weight is 251 g/mol. The third kappa shape index (κ3) is 3.98. The van der Waals surface area contributed by atoms with Crippen LogP contribution in [0.4, 0.5) is 5.82 Å². The van der Waals surface area contributed by atoms with Gasteiger partial charge in [0.25, 0.3) is 0 Å². The molecular weight excluding hydrogens is 230 g/mol. The number of carboxylic acids is 1. The quantitative estimate of drug-likeness (QED) is 0.840. The second kappa shape index (κ2) is 6.33. The zero-order valence-corrected chi connectivity index (χ0v) is 11.4. The fraction of sp³-hybridized carbons (Fsp3) is 0.615. The van der Waals surface area contributed by atoms with Gasteiger partial charge in [-0.1, -0.05) is 27.7 Å². The molecule has 0 saturated carbocycles. The standard InChI is InChI=1S/C13H21N3O2/c1-9(2)6-16(7-10(3)4)12-11(13(17)18)5-14-8-15-12/h5,8-10H,6-7H2,1-4H3,(H,17,18). The van der Waals surface area contributed by atoms with Gasteiger partial charge in [-0.15, -0.1) is 0 Å². The Morgan fingerprint density at radius 1 is 1.28 bits per heavy atom. The first-order valence-electron chi connectivity index (χ1n) is 6.20. The highest BCUT2D eigenvalue weighted by Crippen LogP contribution is 2.19. The van der Waals surface area contributed by atoms with Crippen LogP contribution in [0, 0.1) is 11.8 Å². The van der Waals surface area contributed by atoms with Gasteiger partial charge in [0.15, 0.2) is 0 Å². The molecule has 5 nitrogen and oxygen atoms in total. The summed E-state index contributed by atoms with van der Waals surface area (Å²) >= 11 is 0. The molecule has 5 heteroatoms. The second-order valence-electron chi connectivity index (χ2n) is 5.26. The van der Waals surface area contributed by atoms with E-state index in [1.54, 1.807) is 0 Å². The Kier molecular flexibility index (Phi) is 5.07. The van der Waals surface area contributed by atoms with E-state index in [9.17, 15) is 9.90 Å². The summed E-state index contributed by atoms with van der Waals surface area (Å²) in [6.45, 7) is 10.00. The van der Waals surface area contributed by atoms with E-state index in [1.807, 2.05) is 4.90 Å². The highest BCUT2D eigenvalue weighted by molar-refractivity contribution is 5.92. The summed E-state index contributed by atoms with van der Waals surface area (Å²) < 4.78 is 0. The lowest BCUT2D eigenvalue weighted by Crippen LogP contribution is -2.33. The van der Waals surface area contributed by atoms with Crippen molar-refractivity contribution in [2.75, 3.05) is 18.0 Å². The van der Waals surface area contributed by atoms with Crippen LogP contribution >= 0.6 is 0 Å². The van der Waals surface area contributed by atoms with Crippen LogP contribution in [-0.4, -0.2) is 34.1 Å². The van der Waals surface area contributed by atoms with Gasteiger partial charge in [-0.2, -0.15) is 0 Å². The van der Waals surface area contributed by atoms with Crippen LogP contribution in [-0.2, 0) is 0 Å². The molecule has 1 heterocycles. The van der Waals surface area contributed by atoms with Gasteiger partial charge in [-0.3, -0.25) is 0 Å². The Balaban J connectivity index is 3.07. The molecule has 0 aromatic carbocycles. The van der Waals surface area contributed by atoms with E-state index in [4.69, 9.17) is 0 Å². The smallest absolute Gasteiger partial charge is 0.341 e. The highest BCUT2D eigenvalue weighted by atomic mass is 16.4. The number of rotatable bonds is 6. The molecular formula is C13H21N3O2. The third-order valence-corrected chi connectivity index (χ3v) is 2.39. The maximum absolute atomic E-state index is 11.2. The van der Waals surface area contributed by atoms with E-state index in [0.29, 0.717) is 17.7 Å². The van der Waals surface area contributed by atoms with E-state index in [1.165, 1.54) is 12.5 Å². The molecule has 0 atom stereocenters. The number of hydrogen-bond donors (Lipinski definition) is 1. The van der Waals surface area contributed by atoms with E-state index in [-0.39, 0.29) is 5.56 Å². The number of carbonyl (C=O) groups is 1. The van der Waals surface area contributed by atoms with E-state index in [0.717, 1.165) is 13.1 Å². The number of anilines is 1. The molecule has 0 aliphatic carbocycles. The van der Waals surface area contributed by atoms with Crippen molar-refractivity contribution < 1.29 is 9.90 Å². The molecule has 0 unspecified atom stereocenters. The molecule has 18 heavy (non-hydrogen) atoms. The fourth-order valence-electron chi connectivity index (χ4n) is 1.86. The lowest BCUT2D eigenvalue weighted by molar-refractivity contribution is 0.0696.